The van der Waals surface area contributed by atoms with Crippen LogP contribution in [0.4, 0.5) is 5.69 Å². The van der Waals surface area contributed by atoms with Gasteiger partial charge in [0, 0.05) is 26.2 Å². The van der Waals surface area contributed by atoms with Gasteiger partial charge in [-0.1, -0.05) is 50.2 Å². The van der Waals surface area contributed by atoms with Crippen molar-refractivity contribution in [2.24, 2.45) is 0 Å². The van der Waals surface area contributed by atoms with E-state index in [1.54, 1.807) is 12.1 Å². The number of ether oxygens (including phenoxy) is 1. The number of nitrogens with zero attached hydrogens (tertiary/aromatic N) is 2. The molecule has 0 radical (unpaired) electrons. The van der Waals surface area contributed by atoms with Crippen molar-refractivity contribution < 1.29 is 17.9 Å². The van der Waals surface area contributed by atoms with E-state index in [0.717, 1.165) is 54.5 Å². The smallest absolute Gasteiger partial charge is 0.241 e. The number of nitrogens with one attached hydrogen (secondary N) is 1. The van der Waals surface area contributed by atoms with Crippen LogP contribution in [0.2, 0.25) is 0 Å². The van der Waals surface area contributed by atoms with E-state index < -0.39 is 10.0 Å². The zero-order valence-corrected chi connectivity index (χ0v) is 19.9. The second-order valence-corrected chi connectivity index (χ2v) is 10.4. The van der Waals surface area contributed by atoms with E-state index in [1.807, 2.05) is 24.3 Å². The van der Waals surface area contributed by atoms with Crippen molar-refractivity contribution in [1.29, 1.82) is 0 Å². The number of sulfonamides is 1. The van der Waals surface area contributed by atoms with Gasteiger partial charge in [-0.25, -0.2) is 8.42 Å². The first-order valence-electron chi connectivity index (χ1n) is 10.9. The molecule has 1 aliphatic heterocycles. The van der Waals surface area contributed by atoms with Crippen LogP contribution in [-0.4, -0.2) is 58.3 Å². The molecule has 1 aliphatic rings. The molecule has 1 fully saturated rings. The molecular formula is C24H33N3O4S. The minimum absolute atomic E-state index is 0.255. The van der Waals surface area contributed by atoms with Crippen LogP contribution in [0.1, 0.15) is 36.5 Å². The number of carbonyl (C=O) groups is 1. The molecular weight excluding hydrogens is 426 g/mol. The minimum atomic E-state index is -3.59. The maximum atomic E-state index is 12.5. The van der Waals surface area contributed by atoms with Crippen LogP contribution in [-0.2, 0) is 32.6 Å². The van der Waals surface area contributed by atoms with Crippen LogP contribution >= 0.6 is 0 Å². The van der Waals surface area contributed by atoms with E-state index in [-0.39, 0.29) is 12.5 Å². The summed E-state index contributed by atoms with van der Waals surface area (Å²) in [6.45, 7) is 8.55. The highest BCUT2D eigenvalue weighted by molar-refractivity contribution is 7.92. The van der Waals surface area contributed by atoms with Crippen molar-refractivity contribution in [3.05, 3.63) is 65.2 Å². The number of hydrogen-bond acceptors (Lipinski definition) is 5. The lowest BCUT2D eigenvalue weighted by Crippen LogP contribution is -2.40. The Balaban J connectivity index is 1.55. The van der Waals surface area contributed by atoms with Crippen LogP contribution in [0, 0.1) is 0 Å². The summed E-state index contributed by atoms with van der Waals surface area (Å²) in [4.78, 5) is 14.9. The van der Waals surface area contributed by atoms with E-state index in [9.17, 15) is 13.2 Å². The van der Waals surface area contributed by atoms with Gasteiger partial charge in [0.1, 0.15) is 6.54 Å². The predicted octanol–water partition coefficient (Wildman–Crippen LogP) is 2.72. The summed E-state index contributed by atoms with van der Waals surface area (Å²) in [6.07, 6.45) is 1.11. The van der Waals surface area contributed by atoms with Gasteiger partial charge in [-0.05, 0) is 34.7 Å². The Hall–Kier alpha value is -2.42. The molecule has 0 bridgehead atoms. The Morgan fingerprint density at radius 3 is 2.19 bits per heavy atom. The Bertz CT molecular complexity index is 983. The SMILES string of the molecule is CC(C)c1ccc(N(CC(=O)NCc2ccc(CN3CCOCC3)cc2)S(C)(=O)=O)cc1. The highest BCUT2D eigenvalue weighted by Crippen LogP contribution is 2.22. The average Bonchev–Trinajstić information content (AvgIpc) is 2.77. The molecule has 0 atom stereocenters. The van der Waals surface area contributed by atoms with Crippen LogP contribution in [0.25, 0.3) is 0 Å². The highest BCUT2D eigenvalue weighted by atomic mass is 32.2. The van der Waals surface area contributed by atoms with Gasteiger partial charge in [0.15, 0.2) is 0 Å². The third-order valence-electron chi connectivity index (χ3n) is 5.56. The third kappa shape index (κ3) is 7.05. The fourth-order valence-electron chi connectivity index (χ4n) is 3.59. The summed E-state index contributed by atoms with van der Waals surface area (Å²) in [5.74, 6) is 0.0000412. The number of morpholine rings is 1. The fourth-order valence-corrected chi connectivity index (χ4v) is 4.45. The number of carbonyl (C=O) groups excluding carboxylic acids is 1. The van der Waals surface area contributed by atoms with Crippen molar-refractivity contribution in [2.45, 2.75) is 32.9 Å². The number of benzene rings is 2. The summed E-state index contributed by atoms with van der Waals surface area (Å²) in [7, 11) is -3.59. The number of rotatable bonds is 9. The van der Waals surface area contributed by atoms with E-state index in [4.69, 9.17) is 4.74 Å². The molecule has 0 saturated carbocycles. The quantitative estimate of drug-likeness (QED) is 0.624. The van der Waals surface area contributed by atoms with Gasteiger partial charge in [-0.3, -0.25) is 14.0 Å². The van der Waals surface area contributed by atoms with Gasteiger partial charge in [-0.15, -0.1) is 0 Å². The zero-order valence-electron chi connectivity index (χ0n) is 19.1. The van der Waals surface area contributed by atoms with E-state index >= 15 is 0 Å². The van der Waals surface area contributed by atoms with E-state index in [0.29, 0.717) is 18.2 Å². The molecule has 2 aromatic rings. The van der Waals surface area contributed by atoms with E-state index in [2.05, 4.69) is 36.2 Å². The van der Waals surface area contributed by atoms with Gasteiger partial charge >= 0.3 is 0 Å². The molecule has 0 aliphatic carbocycles. The topological polar surface area (TPSA) is 79.0 Å². The molecule has 0 unspecified atom stereocenters. The maximum absolute atomic E-state index is 12.5. The molecule has 1 saturated heterocycles. The van der Waals surface area contributed by atoms with Gasteiger partial charge in [0.25, 0.3) is 0 Å². The Morgan fingerprint density at radius 1 is 1.03 bits per heavy atom. The lowest BCUT2D eigenvalue weighted by atomic mass is 10.0. The van der Waals surface area contributed by atoms with Crippen LogP contribution < -0.4 is 9.62 Å². The first-order chi connectivity index (χ1) is 15.2. The average molecular weight is 460 g/mol. The first kappa shape index (κ1) is 24.2. The molecule has 1 N–H and O–H groups in total. The van der Waals surface area contributed by atoms with Crippen LogP contribution in [0.15, 0.2) is 48.5 Å². The summed E-state index contributed by atoms with van der Waals surface area (Å²) < 4.78 is 31.1. The van der Waals surface area contributed by atoms with Gasteiger partial charge in [-0.2, -0.15) is 0 Å². The molecule has 32 heavy (non-hydrogen) atoms. The Kier molecular flexibility index (Phi) is 8.28. The summed E-state index contributed by atoms with van der Waals surface area (Å²) in [6, 6.07) is 15.4. The van der Waals surface area contributed by atoms with Crippen LogP contribution in [0.5, 0.6) is 0 Å². The zero-order chi connectivity index (χ0) is 23.1. The number of hydrogen-bond donors (Lipinski definition) is 1. The molecule has 0 spiro atoms. The molecule has 1 heterocycles. The molecule has 2 aromatic carbocycles. The number of amides is 1. The lowest BCUT2D eigenvalue weighted by molar-refractivity contribution is -0.119. The minimum Gasteiger partial charge on any atom is -0.379 e. The summed E-state index contributed by atoms with van der Waals surface area (Å²) in [5.41, 5.74) is 3.79. The molecule has 7 nitrogen and oxygen atoms in total. The van der Waals surface area contributed by atoms with Crippen molar-refractivity contribution in [3.63, 3.8) is 0 Å². The predicted molar refractivity (Wildman–Crippen MR) is 127 cm³/mol. The van der Waals surface area contributed by atoms with Crippen molar-refractivity contribution in [3.8, 4) is 0 Å². The summed E-state index contributed by atoms with van der Waals surface area (Å²) in [5, 5.41) is 2.83. The van der Waals surface area contributed by atoms with E-state index in [1.165, 1.54) is 5.56 Å². The molecule has 174 valence electrons. The monoisotopic (exact) mass is 459 g/mol. The van der Waals surface area contributed by atoms with Gasteiger partial charge in [0.2, 0.25) is 15.9 Å². The van der Waals surface area contributed by atoms with Crippen molar-refractivity contribution in [2.75, 3.05) is 43.4 Å². The van der Waals surface area contributed by atoms with Crippen LogP contribution in [0.3, 0.4) is 0 Å². The highest BCUT2D eigenvalue weighted by Gasteiger charge is 2.21. The summed E-state index contributed by atoms with van der Waals surface area (Å²) >= 11 is 0. The molecule has 3 rings (SSSR count). The Labute approximate surface area is 191 Å². The first-order valence-corrected chi connectivity index (χ1v) is 12.8. The maximum Gasteiger partial charge on any atom is 0.241 e. The fraction of sp³-hybridized carbons (Fsp3) is 0.458. The molecule has 1 amide bonds. The number of anilines is 1. The Morgan fingerprint density at radius 2 is 1.62 bits per heavy atom. The lowest BCUT2D eigenvalue weighted by Gasteiger charge is -2.26. The van der Waals surface area contributed by atoms with Gasteiger partial charge < -0.3 is 10.1 Å². The van der Waals surface area contributed by atoms with Crippen molar-refractivity contribution in [1.82, 2.24) is 10.2 Å². The van der Waals surface area contributed by atoms with Crippen molar-refractivity contribution >= 4 is 21.6 Å². The molecule has 8 heteroatoms. The normalized spacial score (nSPS) is 15.0. The third-order valence-corrected chi connectivity index (χ3v) is 6.70. The second-order valence-electron chi connectivity index (χ2n) is 8.50. The largest absolute Gasteiger partial charge is 0.379 e. The van der Waals surface area contributed by atoms with Gasteiger partial charge in [0.05, 0.1) is 25.2 Å². The standard InChI is InChI=1S/C24H33N3O4S/c1-19(2)22-8-10-23(11-9-22)27(32(3,29)30)18-24(28)25-16-20-4-6-21(7-5-20)17-26-12-14-31-15-13-26/h4-11,19H,12-18H2,1-3H3,(H,25,28). The second kappa shape index (κ2) is 10.9. The molecule has 0 aromatic heterocycles.